The predicted octanol–water partition coefficient (Wildman–Crippen LogP) is 5.35. The number of hydrazone groups is 1. The number of carbonyl (C=O) groups is 1. The minimum absolute atomic E-state index is 0.296. The Morgan fingerprint density at radius 3 is 2.71 bits per heavy atom. The van der Waals surface area contributed by atoms with Gasteiger partial charge in [0.05, 0.1) is 11.2 Å². The zero-order chi connectivity index (χ0) is 17.1. The number of rotatable bonds is 4. The van der Waals surface area contributed by atoms with Crippen LogP contribution in [0.1, 0.15) is 20.8 Å². The third-order valence-electron chi connectivity index (χ3n) is 3.49. The minimum atomic E-state index is -0.296. The first-order valence-corrected chi connectivity index (χ1v) is 9.66. The number of thioether (sulfide) groups is 1. The molecule has 0 aliphatic rings. The van der Waals surface area contributed by atoms with Crippen molar-refractivity contribution in [2.75, 3.05) is 6.26 Å². The van der Waals surface area contributed by atoms with Gasteiger partial charge in [-0.3, -0.25) is 4.79 Å². The number of thiophene rings is 1. The summed E-state index contributed by atoms with van der Waals surface area (Å²) in [6.45, 7) is 2.01. The summed E-state index contributed by atoms with van der Waals surface area (Å²) in [4.78, 5) is 14.0. The molecule has 0 bridgehead atoms. The summed E-state index contributed by atoms with van der Waals surface area (Å²) >= 11 is 9.39. The molecule has 3 rings (SSSR count). The van der Waals surface area contributed by atoms with Crippen molar-refractivity contribution in [2.45, 2.75) is 11.8 Å². The molecule has 0 aliphatic heterocycles. The van der Waals surface area contributed by atoms with E-state index in [2.05, 4.69) is 10.5 Å². The van der Waals surface area contributed by atoms with E-state index in [1.165, 1.54) is 16.2 Å². The van der Waals surface area contributed by atoms with Crippen molar-refractivity contribution in [3.63, 3.8) is 0 Å². The Labute approximate surface area is 153 Å². The lowest BCUT2D eigenvalue weighted by Gasteiger charge is -1.98. The first kappa shape index (κ1) is 17.0. The van der Waals surface area contributed by atoms with E-state index in [0.29, 0.717) is 9.90 Å². The maximum Gasteiger partial charge on any atom is 0.283 e. The number of hydrogen-bond acceptors (Lipinski definition) is 4. The third-order valence-corrected chi connectivity index (χ3v) is 5.89. The number of nitrogens with one attached hydrogen (secondary N) is 1. The quantitative estimate of drug-likeness (QED) is 0.380. The standard InChI is InChI=1S/C18H15ClN2OS2/c1-11-3-8-14-15(9-11)24-17(16(14)19)18(22)21-20-10-12-4-6-13(23-2)7-5-12/h3-10H,1-2H3,(H,21,22). The molecule has 2 aromatic carbocycles. The maximum atomic E-state index is 12.3. The van der Waals surface area contributed by atoms with Crippen LogP contribution in [0, 0.1) is 6.92 Å². The van der Waals surface area contributed by atoms with Crippen LogP contribution in [-0.4, -0.2) is 18.4 Å². The van der Waals surface area contributed by atoms with Crippen molar-refractivity contribution in [1.29, 1.82) is 0 Å². The fourth-order valence-electron chi connectivity index (χ4n) is 2.22. The summed E-state index contributed by atoms with van der Waals surface area (Å²) in [6.07, 6.45) is 3.65. The van der Waals surface area contributed by atoms with Gasteiger partial charge in [0.1, 0.15) is 4.88 Å². The Kier molecular flexibility index (Phi) is 5.23. The Morgan fingerprint density at radius 2 is 2.00 bits per heavy atom. The van der Waals surface area contributed by atoms with E-state index in [1.54, 1.807) is 18.0 Å². The van der Waals surface area contributed by atoms with Crippen molar-refractivity contribution < 1.29 is 4.79 Å². The van der Waals surface area contributed by atoms with Crippen LogP contribution in [0.2, 0.25) is 5.02 Å². The molecule has 122 valence electrons. The lowest BCUT2D eigenvalue weighted by atomic mass is 10.2. The highest BCUT2D eigenvalue weighted by atomic mass is 35.5. The fourth-order valence-corrected chi connectivity index (χ4v) is 4.14. The average Bonchev–Trinajstić information content (AvgIpc) is 2.91. The molecule has 1 aromatic heterocycles. The van der Waals surface area contributed by atoms with Crippen molar-refractivity contribution in [1.82, 2.24) is 5.43 Å². The highest BCUT2D eigenvalue weighted by molar-refractivity contribution is 7.98. The topological polar surface area (TPSA) is 41.5 Å². The van der Waals surface area contributed by atoms with E-state index in [4.69, 9.17) is 11.6 Å². The van der Waals surface area contributed by atoms with Gasteiger partial charge in [0, 0.05) is 15.0 Å². The summed E-state index contributed by atoms with van der Waals surface area (Å²) < 4.78 is 1.00. The summed E-state index contributed by atoms with van der Waals surface area (Å²) in [5.41, 5.74) is 4.60. The molecule has 0 radical (unpaired) electrons. The van der Waals surface area contributed by atoms with Crippen molar-refractivity contribution >= 4 is 56.9 Å². The molecule has 3 nitrogen and oxygen atoms in total. The molecule has 0 fully saturated rings. The molecule has 24 heavy (non-hydrogen) atoms. The number of hydrogen-bond donors (Lipinski definition) is 1. The Hall–Kier alpha value is -1.82. The summed E-state index contributed by atoms with van der Waals surface area (Å²) in [5.74, 6) is -0.296. The molecule has 3 aromatic rings. The Balaban J connectivity index is 1.74. The summed E-state index contributed by atoms with van der Waals surface area (Å²) in [7, 11) is 0. The number of carbonyl (C=O) groups excluding carboxylic acids is 1. The second-order valence-corrected chi connectivity index (χ2v) is 7.53. The van der Waals surface area contributed by atoms with Gasteiger partial charge in [-0.15, -0.1) is 23.1 Å². The van der Waals surface area contributed by atoms with Gasteiger partial charge >= 0.3 is 0 Å². The number of halogens is 1. The van der Waals surface area contributed by atoms with Crippen LogP contribution in [0.5, 0.6) is 0 Å². The molecule has 1 heterocycles. The van der Waals surface area contributed by atoms with Gasteiger partial charge in [-0.05, 0) is 42.5 Å². The molecule has 0 saturated carbocycles. The van der Waals surface area contributed by atoms with Gasteiger partial charge in [0.15, 0.2) is 0 Å². The van der Waals surface area contributed by atoms with Gasteiger partial charge < -0.3 is 0 Å². The molecule has 0 unspecified atom stereocenters. The number of nitrogens with zero attached hydrogens (tertiary/aromatic N) is 1. The van der Waals surface area contributed by atoms with Crippen LogP contribution in [0.3, 0.4) is 0 Å². The molecular weight excluding hydrogens is 360 g/mol. The monoisotopic (exact) mass is 374 g/mol. The zero-order valence-corrected chi connectivity index (χ0v) is 15.6. The van der Waals surface area contributed by atoms with E-state index >= 15 is 0 Å². The maximum absolute atomic E-state index is 12.3. The third kappa shape index (κ3) is 3.64. The van der Waals surface area contributed by atoms with Crippen LogP contribution in [0.25, 0.3) is 10.1 Å². The summed E-state index contributed by atoms with van der Waals surface area (Å²) in [6, 6.07) is 13.9. The zero-order valence-electron chi connectivity index (χ0n) is 13.2. The van der Waals surface area contributed by atoms with Gasteiger partial charge in [-0.2, -0.15) is 5.10 Å². The molecular formula is C18H15ClN2OS2. The smallest absolute Gasteiger partial charge is 0.266 e. The van der Waals surface area contributed by atoms with E-state index in [0.717, 1.165) is 21.2 Å². The molecule has 0 atom stereocenters. The highest BCUT2D eigenvalue weighted by Crippen LogP contribution is 2.35. The first-order valence-electron chi connectivity index (χ1n) is 7.24. The molecule has 0 saturated heterocycles. The molecule has 0 spiro atoms. The first-order chi connectivity index (χ1) is 11.6. The lowest BCUT2D eigenvalue weighted by Crippen LogP contribution is -2.16. The van der Waals surface area contributed by atoms with Gasteiger partial charge in [0.2, 0.25) is 0 Å². The number of fused-ring (bicyclic) bond motifs is 1. The van der Waals surface area contributed by atoms with Crippen LogP contribution in [0.15, 0.2) is 52.5 Å². The largest absolute Gasteiger partial charge is 0.283 e. The Morgan fingerprint density at radius 1 is 1.25 bits per heavy atom. The van der Waals surface area contributed by atoms with E-state index in [-0.39, 0.29) is 5.91 Å². The van der Waals surface area contributed by atoms with E-state index in [1.807, 2.05) is 55.6 Å². The summed E-state index contributed by atoms with van der Waals surface area (Å²) in [5, 5.41) is 5.39. The van der Waals surface area contributed by atoms with Crippen LogP contribution in [-0.2, 0) is 0 Å². The van der Waals surface area contributed by atoms with Crippen molar-refractivity contribution in [3.05, 3.63) is 63.5 Å². The van der Waals surface area contributed by atoms with Gasteiger partial charge in [-0.25, -0.2) is 5.43 Å². The number of aryl methyl sites for hydroxylation is 1. The van der Waals surface area contributed by atoms with Crippen molar-refractivity contribution in [3.8, 4) is 0 Å². The van der Waals surface area contributed by atoms with E-state index < -0.39 is 0 Å². The average molecular weight is 375 g/mol. The van der Waals surface area contributed by atoms with Crippen molar-refractivity contribution in [2.24, 2.45) is 5.10 Å². The second kappa shape index (κ2) is 7.38. The minimum Gasteiger partial charge on any atom is -0.266 e. The van der Waals surface area contributed by atoms with E-state index in [9.17, 15) is 4.79 Å². The predicted molar refractivity (Wildman–Crippen MR) is 105 cm³/mol. The van der Waals surface area contributed by atoms with Crippen LogP contribution < -0.4 is 5.43 Å². The highest BCUT2D eigenvalue weighted by Gasteiger charge is 2.16. The number of amides is 1. The van der Waals surface area contributed by atoms with Gasteiger partial charge in [0.25, 0.3) is 5.91 Å². The molecule has 0 aliphatic carbocycles. The molecule has 1 N–H and O–H groups in total. The normalized spacial score (nSPS) is 11.3. The molecule has 6 heteroatoms. The lowest BCUT2D eigenvalue weighted by molar-refractivity contribution is 0.0959. The van der Waals surface area contributed by atoms with Gasteiger partial charge in [-0.1, -0.05) is 35.9 Å². The SMILES string of the molecule is CSc1ccc(C=NNC(=O)c2sc3cc(C)ccc3c2Cl)cc1. The van der Waals surface area contributed by atoms with Crippen LogP contribution >= 0.6 is 34.7 Å². The fraction of sp³-hybridized carbons (Fsp3) is 0.111. The van der Waals surface area contributed by atoms with Crippen LogP contribution in [0.4, 0.5) is 0 Å². The Bertz CT molecular complexity index is 917. The number of benzene rings is 2. The second-order valence-electron chi connectivity index (χ2n) is 5.22. The molecule has 1 amide bonds.